The molecular weight excluding hydrogens is 154 g/mol. The van der Waals surface area contributed by atoms with Crippen molar-refractivity contribution in [1.82, 2.24) is 20.2 Å². The second-order valence-corrected chi connectivity index (χ2v) is 1.76. The van der Waals surface area contributed by atoms with Crippen LogP contribution in [0.15, 0.2) is 0 Å². The molecule has 0 amide bonds. The second kappa shape index (κ2) is 4.19. The molecule has 0 saturated carbocycles. The van der Waals surface area contributed by atoms with E-state index in [0.29, 0.717) is 6.54 Å². The molecule has 0 aliphatic carbocycles. The monoisotopic (exact) mass is 163 g/mol. The molecule has 0 aromatic carbocycles. The Morgan fingerprint density at radius 2 is 2.30 bits per heavy atom. The van der Waals surface area contributed by atoms with Crippen LogP contribution < -0.4 is 5.73 Å². The smallest absolute Gasteiger partial charge is 0.152 e. The third-order valence-corrected chi connectivity index (χ3v) is 1.08. The highest BCUT2D eigenvalue weighted by atomic mass is 35.5. The van der Waals surface area contributed by atoms with E-state index < -0.39 is 0 Å². The SMILES string of the molecule is Cl.Cn1nnnc1CCN. The zero-order valence-corrected chi connectivity index (χ0v) is 6.51. The first-order chi connectivity index (χ1) is 4.34. The van der Waals surface area contributed by atoms with Crippen molar-refractivity contribution in [2.24, 2.45) is 12.8 Å². The maximum atomic E-state index is 5.28. The number of aromatic nitrogens is 4. The molecule has 1 aromatic heterocycles. The summed E-state index contributed by atoms with van der Waals surface area (Å²) >= 11 is 0. The van der Waals surface area contributed by atoms with Gasteiger partial charge >= 0.3 is 0 Å². The van der Waals surface area contributed by atoms with Gasteiger partial charge in [-0.05, 0) is 17.0 Å². The minimum absolute atomic E-state index is 0. The van der Waals surface area contributed by atoms with E-state index in [9.17, 15) is 0 Å². The lowest BCUT2D eigenvalue weighted by atomic mass is 10.4. The molecule has 0 saturated heterocycles. The molecule has 0 bridgehead atoms. The number of hydrogen-bond donors (Lipinski definition) is 1. The summed E-state index contributed by atoms with van der Waals surface area (Å²) in [6, 6.07) is 0. The Kier molecular flexibility index (Phi) is 3.90. The van der Waals surface area contributed by atoms with E-state index in [2.05, 4.69) is 15.5 Å². The van der Waals surface area contributed by atoms with E-state index in [0.717, 1.165) is 12.2 Å². The average molecular weight is 164 g/mol. The Morgan fingerprint density at radius 3 is 2.70 bits per heavy atom. The predicted molar refractivity (Wildman–Crippen MR) is 38.8 cm³/mol. The highest BCUT2D eigenvalue weighted by molar-refractivity contribution is 5.85. The Labute approximate surface area is 65.0 Å². The van der Waals surface area contributed by atoms with Crippen LogP contribution in [0.1, 0.15) is 5.82 Å². The highest BCUT2D eigenvalue weighted by Gasteiger charge is 1.97. The summed E-state index contributed by atoms with van der Waals surface area (Å²) < 4.78 is 1.62. The van der Waals surface area contributed by atoms with Gasteiger partial charge in [0.1, 0.15) is 0 Å². The van der Waals surface area contributed by atoms with E-state index in [1.165, 1.54) is 0 Å². The zero-order valence-electron chi connectivity index (χ0n) is 5.69. The minimum Gasteiger partial charge on any atom is -0.330 e. The van der Waals surface area contributed by atoms with Gasteiger partial charge in [-0.25, -0.2) is 4.68 Å². The average Bonchev–Trinajstić information content (AvgIpc) is 2.18. The van der Waals surface area contributed by atoms with Gasteiger partial charge < -0.3 is 5.73 Å². The van der Waals surface area contributed by atoms with Gasteiger partial charge in [-0.1, -0.05) is 0 Å². The van der Waals surface area contributed by atoms with Crippen LogP contribution in [-0.2, 0) is 13.5 Å². The van der Waals surface area contributed by atoms with E-state index >= 15 is 0 Å². The normalized spacial score (nSPS) is 9.00. The molecule has 6 heteroatoms. The molecule has 0 atom stereocenters. The number of halogens is 1. The van der Waals surface area contributed by atoms with Crippen LogP contribution in [0.4, 0.5) is 0 Å². The molecule has 0 aliphatic heterocycles. The number of hydrogen-bond acceptors (Lipinski definition) is 4. The van der Waals surface area contributed by atoms with Crippen LogP contribution in [0.2, 0.25) is 0 Å². The Morgan fingerprint density at radius 1 is 1.60 bits per heavy atom. The van der Waals surface area contributed by atoms with Gasteiger partial charge in [-0.3, -0.25) is 0 Å². The Hall–Kier alpha value is -0.680. The molecule has 5 nitrogen and oxygen atoms in total. The van der Waals surface area contributed by atoms with Crippen molar-refractivity contribution in [1.29, 1.82) is 0 Å². The molecule has 0 unspecified atom stereocenters. The van der Waals surface area contributed by atoms with E-state index in [1.807, 2.05) is 0 Å². The maximum Gasteiger partial charge on any atom is 0.152 e. The fourth-order valence-corrected chi connectivity index (χ4v) is 0.589. The first kappa shape index (κ1) is 9.32. The van der Waals surface area contributed by atoms with Gasteiger partial charge in [-0.15, -0.1) is 17.5 Å². The summed E-state index contributed by atoms with van der Waals surface area (Å²) in [5.74, 6) is 0.831. The molecule has 10 heavy (non-hydrogen) atoms. The Bertz CT molecular complexity index is 186. The number of aryl methyl sites for hydroxylation is 1. The molecule has 2 N–H and O–H groups in total. The topological polar surface area (TPSA) is 69.6 Å². The van der Waals surface area contributed by atoms with Crippen molar-refractivity contribution < 1.29 is 0 Å². The maximum absolute atomic E-state index is 5.28. The summed E-state index contributed by atoms with van der Waals surface area (Å²) in [5, 5.41) is 10.8. The molecule has 0 fully saturated rings. The summed E-state index contributed by atoms with van der Waals surface area (Å²) in [5.41, 5.74) is 5.28. The summed E-state index contributed by atoms with van der Waals surface area (Å²) in [7, 11) is 1.80. The summed E-state index contributed by atoms with van der Waals surface area (Å²) in [4.78, 5) is 0. The molecule has 1 rings (SSSR count). The predicted octanol–water partition coefficient (Wildman–Crippen LogP) is -0.867. The molecule has 0 aliphatic rings. The number of nitrogens with zero attached hydrogens (tertiary/aromatic N) is 4. The highest BCUT2D eigenvalue weighted by Crippen LogP contribution is 1.85. The lowest BCUT2D eigenvalue weighted by Crippen LogP contribution is -2.08. The van der Waals surface area contributed by atoms with Crippen molar-refractivity contribution >= 4 is 12.4 Å². The van der Waals surface area contributed by atoms with Crippen LogP contribution in [0.3, 0.4) is 0 Å². The molecule has 1 aromatic rings. The second-order valence-electron chi connectivity index (χ2n) is 1.76. The first-order valence-electron chi connectivity index (χ1n) is 2.76. The van der Waals surface area contributed by atoms with Crippen molar-refractivity contribution in [2.75, 3.05) is 6.54 Å². The first-order valence-corrected chi connectivity index (χ1v) is 2.76. The van der Waals surface area contributed by atoms with Gasteiger partial charge in [0.25, 0.3) is 0 Å². The fourth-order valence-electron chi connectivity index (χ4n) is 0.589. The third-order valence-electron chi connectivity index (χ3n) is 1.08. The summed E-state index contributed by atoms with van der Waals surface area (Å²) in [6.07, 6.45) is 0.740. The van der Waals surface area contributed by atoms with E-state index in [4.69, 9.17) is 5.73 Å². The van der Waals surface area contributed by atoms with Crippen LogP contribution >= 0.6 is 12.4 Å². The number of tetrazole rings is 1. The van der Waals surface area contributed by atoms with Crippen LogP contribution in [0.25, 0.3) is 0 Å². The summed E-state index contributed by atoms with van der Waals surface area (Å²) in [6.45, 7) is 0.591. The van der Waals surface area contributed by atoms with E-state index in [-0.39, 0.29) is 12.4 Å². The zero-order chi connectivity index (χ0) is 6.69. The minimum atomic E-state index is 0. The standard InChI is InChI=1S/C4H9N5.ClH/c1-9-4(2-3-5)6-7-8-9;/h2-3,5H2,1H3;1H. The quantitative estimate of drug-likeness (QED) is 0.616. The molecule has 0 spiro atoms. The lowest BCUT2D eigenvalue weighted by molar-refractivity contribution is 0.674. The van der Waals surface area contributed by atoms with Gasteiger partial charge in [0, 0.05) is 13.5 Å². The van der Waals surface area contributed by atoms with Crippen molar-refractivity contribution in [2.45, 2.75) is 6.42 Å². The van der Waals surface area contributed by atoms with Gasteiger partial charge in [0.05, 0.1) is 0 Å². The van der Waals surface area contributed by atoms with Gasteiger partial charge in [0.2, 0.25) is 0 Å². The Balaban J connectivity index is 0.000000810. The third kappa shape index (κ3) is 1.93. The molecular formula is C4H10ClN5. The van der Waals surface area contributed by atoms with Gasteiger partial charge in [-0.2, -0.15) is 0 Å². The van der Waals surface area contributed by atoms with Crippen LogP contribution in [-0.4, -0.2) is 26.8 Å². The fraction of sp³-hybridized carbons (Fsp3) is 0.750. The van der Waals surface area contributed by atoms with Crippen molar-refractivity contribution in [3.8, 4) is 0 Å². The van der Waals surface area contributed by atoms with Gasteiger partial charge in [0.15, 0.2) is 5.82 Å². The largest absolute Gasteiger partial charge is 0.330 e. The molecule has 0 radical (unpaired) electrons. The number of nitrogens with two attached hydrogens (primary N) is 1. The molecule has 58 valence electrons. The van der Waals surface area contributed by atoms with Crippen LogP contribution in [0.5, 0.6) is 0 Å². The van der Waals surface area contributed by atoms with Crippen molar-refractivity contribution in [3.05, 3.63) is 5.82 Å². The van der Waals surface area contributed by atoms with E-state index in [1.54, 1.807) is 11.7 Å². The van der Waals surface area contributed by atoms with Crippen LogP contribution in [0, 0.1) is 0 Å². The molecule has 1 heterocycles. The van der Waals surface area contributed by atoms with Crippen molar-refractivity contribution in [3.63, 3.8) is 0 Å². The number of rotatable bonds is 2. The lowest BCUT2D eigenvalue weighted by Gasteiger charge is -1.91.